The van der Waals surface area contributed by atoms with Crippen LogP contribution in [0, 0.1) is 17.8 Å². The summed E-state index contributed by atoms with van der Waals surface area (Å²) in [6.07, 6.45) is 2.00. The minimum atomic E-state index is -0.373. The molecule has 20 heavy (non-hydrogen) atoms. The summed E-state index contributed by atoms with van der Waals surface area (Å²) < 4.78 is 28.6. The lowest BCUT2D eigenvalue weighted by molar-refractivity contribution is -0.333. The smallest absolute Gasteiger partial charge is 0.209 e. The standard InChI is InChI=1S/C15H26O5/c1-10-5-17-14(18-6-10)15-19-8-13(9-20-15)12-4-3-11(2)16-7-12/h10-15H,3-9H2,1-2H3. The zero-order valence-electron chi connectivity index (χ0n) is 12.5. The molecule has 3 aliphatic rings. The molecule has 0 aromatic heterocycles. The van der Waals surface area contributed by atoms with Crippen LogP contribution in [0.15, 0.2) is 0 Å². The maximum atomic E-state index is 5.82. The minimum Gasteiger partial charge on any atom is -0.378 e. The normalized spacial score (nSPS) is 47.1. The van der Waals surface area contributed by atoms with E-state index < -0.39 is 0 Å². The molecule has 116 valence electrons. The van der Waals surface area contributed by atoms with E-state index in [0.717, 1.165) is 13.0 Å². The Morgan fingerprint density at radius 3 is 1.70 bits per heavy atom. The van der Waals surface area contributed by atoms with Crippen LogP contribution < -0.4 is 0 Å². The van der Waals surface area contributed by atoms with E-state index in [1.54, 1.807) is 0 Å². The fourth-order valence-corrected chi connectivity index (χ4v) is 3.01. The third-order valence-electron chi connectivity index (χ3n) is 4.47. The topological polar surface area (TPSA) is 46.2 Å². The van der Waals surface area contributed by atoms with Gasteiger partial charge in [-0.15, -0.1) is 0 Å². The number of ether oxygens (including phenoxy) is 5. The van der Waals surface area contributed by atoms with Crippen LogP contribution in [0.3, 0.4) is 0 Å². The summed E-state index contributed by atoms with van der Waals surface area (Å²) in [6, 6.07) is 0. The Hall–Kier alpha value is -0.200. The third-order valence-corrected chi connectivity index (χ3v) is 4.47. The van der Waals surface area contributed by atoms with Crippen molar-refractivity contribution in [3.8, 4) is 0 Å². The predicted molar refractivity (Wildman–Crippen MR) is 72.2 cm³/mol. The number of hydrogen-bond donors (Lipinski definition) is 0. The quantitative estimate of drug-likeness (QED) is 0.774. The molecule has 0 saturated carbocycles. The summed E-state index contributed by atoms with van der Waals surface area (Å²) in [5.41, 5.74) is 0. The predicted octanol–water partition coefficient (Wildman–Crippen LogP) is 1.80. The maximum absolute atomic E-state index is 5.82. The van der Waals surface area contributed by atoms with Gasteiger partial charge in [0.15, 0.2) is 0 Å². The Morgan fingerprint density at radius 2 is 1.15 bits per heavy atom. The molecule has 2 unspecified atom stereocenters. The van der Waals surface area contributed by atoms with E-state index >= 15 is 0 Å². The van der Waals surface area contributed by atoms with Crippen molar-refractivity contribution in [2.45, 2.75) is 45.4 Å². The zero-order valence-corrected chi connectivity index (χ0v) is 12.5. The van der Waals surface area contributed by atoms with E-state index in [1.165, 1.54) is 6.42 Å². The molecule has 2 atom stereocenters. The van der Waals surface area contributed by atoms with Crippen molar-refractivity contribution in [3.63, 3.8) is 0 Å². The van der Waals surface area contributed by atoms with Crippen LogP contribution in [0.4, 0.5) is 0 Å². The van der Waals surface area contributed by atoms with Gasteiger partial charge in [0.2, 0.25) is 12.6 Å². The summed E-state index contributed by atoms with van der Waals surface area (Å²) in [5, 5.41) is 0. The van der Waals surface area contributed by atoms with Crippen LogP contribution in [0.2, 0.25) is 0 Å². The van der Waals surface area contributed by atoms with Gasteiger partial charge in [-0.3, -0.25) is 0 Å². The zero-order chi connectivity index (χ0) is 13.9. The lowest BCUT2D eigenvalue weighted by atomic mass is 9.87. The van der Waals surface area contributed by atoms with Gasteiger partial charge in [-0.25, -0.2) is 0 Å². The van der Waals surface area contributed by atoms with Crippen molar-refractivity contribution in [1.29, 1.82) is 0 Å². The fourth-order valence-electron chi connectivity index (χ4n) is 3.01. The first-order valence-electron chi connectivity index (χ1n) is 7.80. The van der Waals surface area contributed by atoms with Gasteiger partial charge in [0.05, 0.1) is 39.1 Å². The van der Waals surface area contributed by atoms with Crippen molar-refractivity contribution < 1.29 is 23.7 Å². The third kappa shape index (κ3) is 3.52. The SMILES string of the molecule is CC1COC(C2OCC(C3CCC(C)OC3)CO2)OC1. The van der Waals surface area contributed by atoms with Crippen LogP contribution >= 0.6 is 0 Å². The molecule has 0 spiro atoms. The van der Waals surface area contributed by atoms with Gasteiger partial charge in [-0.2, -0.15) is 0 Å². The first kappa shape index (κ1) is 14.7. The molecule has 0 aliphatic carbocycles. The second-order valence-electron chi connectivity index (χ2n) is 6.42. The molecular formula is C15H26O5. The Bertz CT molecular complexity index is 257. The summed E-state index contributed by atoms with van der Waals surface area (Å²) in [7, 11) is 0. The van der Waals surface area contributed by atoms with E-state index in [-0.39, 0.29) is 12.6 Å². The average molecular weight is 286 g/mol. The molecule has 3 aliphatic heterocycles. The molecule has 5 heteroatoms. The highest BCUT2D eigenvalue weighted by atomic mass is 16.8. The molecule has 5 nitrogen and oxygen atoms in total. The molecule has 0 bridgehead atoms. The average Bonchev–Trinajstić information content (AvgIpc) is 2.49. The van der Waals surface area contributed by atoms with Crippen LogP contribution in [0.25, 0.3) is 0 Å². The van der Waals surface area contributed by atoms with Crippen molar-refractivity contribution in [3.05, 3.63) is 0 Å². The molecule has 0 aromatic rings. The Labute approximate surface area is 120 Å². The molecule has 3 heterocycles. The molecule has 3 rings (SSSR count). The van der Waals surface area contributed by atoms with E-state index in [9.17, 15) is 0 Å². The number of rotatable bonds is 2. The first-order valence-corrected chi connectivity index (χ1v) is 7.80. The lowest BCUT2D eigenvalue weighted by Gasteiger charge is -2.40. The lowest BCUT2D eigenvalue weighted by Crippen LogP contribution is -2.47. The molecule has 0 radical (unpaired) electrons. The van der Waals surface area contributed by atoms with Crippen LogP contribution in [-0.2, 0) is 23.7 Å². The molecule has 3 saturated heterocycles. The van der Waals surface area contributed by atoms with Crippen LogP contribution in [-0.4, -0.2) is 51.7 Å². The van der Waals surface area contributed by atoms with Gasteiger partial charge in [0, 0.05) is 11.8 Å². The van der Waals surface area contributed by atoms with Gasteiger partial charge in [-0.1, -0.05) is 6.92 Å². The monoisotopic (exact) mass is 286 g/mol. The highest BCUT2D eigenvalue weighted by molar-refractivity contribution is 4.77. The van der Waals surface area contributed by atoms with E-state index in [4.69, 9.17) is 23.7 Å². The van der Waals surface area contributed by atoms with Gasteiger partial charge in [-0.05, 0) is 25.7 Å². The largest absolute Gasteiger partial charge is 0.378 e. The highest BCUT2D eigenvalue weighted by Crippen LogP contribution is 2.30. The van der Waals surface area contributed by atoms with Gasteiger partial charge < -0.3 is 23.7 Å². The second kappa shape index (κ2) is 6.71. The maximum Gasteiger partial charge on any atom is 0.209 e. The van der Waals surface area contributed by atoms with Crippen LogP contribution in [0.1, 0.15) is 26.7 Å². The van der Waals surface area contributed by atoms with E-state index in [0.29, 0.717) is 50.3 Å². The number of hydrogen-bond acceptors (Lipinski definition) is 5. The highest BCUT2D eigenvalue weighted by Gasteiger charge is 2.36. The van der Waals surface area contributed by atoms with Crippen molar-refractivity contribution >= 4 is 0 Å². The van der Waals surface area contributed by atoms with Gasteiger partial charge >= 0.3 is 0 Å². The van der Waals surface area contributed by atoms with Gasteiger partial charge in [0.1, 0.15) is 0 Å². The Balaban J connectivity index is 1.42. The summed E-state index contributed by atoms with van der Waals surface area (Å²) in [5.74, 6) is 1.44. The molecular weight excluding hydrogens is 260 g/mol. The molecule has 0 aromatic carbocycles. The van der Waals surface area contributed by atoms with Gasteiger partial charge in [0.25, 0.3) is 0 Å². The molecule has 0 N–H and O–H groups in total. The Morgan fingerprint density at radius 1 is 0.600 bits per heavy atom. The van der Waals surface area contributed by atoms with Crippen molar-refractivity contribution in [2.75, 3.05) is 33.0 Å². The minimum absolute atomic E-state index is 0.366. The van der Waals surface area contributed by atoms with Crippen LogP contribution in [0.5, 0.6) is 0 Å². The van der Waals surface area contributed by atoms with E-state index in [1.807, 2.05) is 0 Å². The molecule has 3 fully saturated rings. The Kier molecular flexibility index (Phi) is 4.94. The summed E-state index contributed by atoms with van der Waals surface area (Å²) in [6.45, 7) is 7.93. The fraction of sp³-hybridized carbons (Fsp3) is 1.00. The summed E-state index contributed by atoms with van der Waals surface area (Å²) in [4.78, 5) is 0. The second-order valence-corrected chi connectivity index (χ2v) is 6.42. The molecule has 0 amide bonds. The van der Waals surface area contributed by atoms with Crippen molar-refractivity contribution in [2.24, 2.45) is 17.8 Å². The summed E-state index contributed by atoms with van der Waals surface area (Å²) >= 11 is 0. The van der Waals surface area contributed by atoms with E-state index in [2.05, 4.69) is 13.8 Å². The van der Waals surface area contributed by atoms with Crippen molar-refractivity contribution in [1.82, 2.24) is 0 Å². The first-order chi connectivity index (χ1) is 9.72.